The normalized spacial score (nSPS) is 9.57. The van der Waals surface area contributed by atoms with E-state index in [-0.39, 0.29) is 12.5 Å². The second kappa shape index (κ2) is 7.61. The van der Waals surface area contributed by atoms with E-state index in [0.29, 0.717) is 22.5 Å². The molecule has 0 aromatic heterocycles. The van der Waals surface area contributed by atoms with E-state index in [1.165, 1.54) is 7.11 Å². The maximum atomic E-state index is 11.9. The number of carbonyl (C=O) groups is 2. The predicted octanol–water partition coefficient (Wildman–Crippen LogP) is 2.40. The van der Waals surface area contributed by atoms with Crippen LogP contribution in [0.4, 0.5) is 11.4 Å². The Morgan fingerprint density at radius 2 is 1.83 bits per heavy atom. The zero-order valence-electron chi connectivity index (χ0n) is 12.5. The van der Waals surface area contributed by atoms with E-state index >= 15 is 0 Å². The Morgan fingerprint density at radius 1 is 1.13 bits per heavy atom. The summed E-state index contributed by atoms with van der Waals surface area (Å²) in [5.41, 5.74) is 2.01. The molecular formula is C17H15N3O3. The maximum Gasteiger partial charge on any atom is 0.337 e. The molecule has 2 rings (SSSR count). The van der Waals surface area contributed by atoms with E-state index in [1.807, 2.05) is 6.07 Å². The van der Waals surface area contributed by atoms with Crippen molar-refractivity contribution in [2.75, 3.05) is 24.3 Å². The summed E-state index contributed by atoms with van der Waals surface area (Å²) in [6.45, 7) is 0.0390. The molecule has 116 valence electrons. The molecule has 0 bridgehead atoms. The van der Waals surface area contributed by atoms with Crippen LogP contribution in [0.1, 0.15) is 15.9 Å². The van der Waals surface area contributed by atoms with Gasteiger partial charge in [0.2, 0.25) is 5.91 Å². The number of esters is 1. The molecule has 0 aliphatic carbocycles. The van der Waals surface area contributed by atoms with Crippen LogP contribution < -0.4 is 10.6 Å². The van der Waals surface area contributed by atoms with Crippen molar-refractivity contribution in [2.45, 2.75) is 0 Å². The lowest BCUT2D eigenvalue weighted by molar-refractivity contribution is -0.114. The van der Waals surface area contributed by atoms with Crippen LogP contribution in [0.15, 0.2) is 48.5 Å². The third-order valence-corrected chi connectivity index (χ3v) is 3.08. The number of anilines is 2. The molecule has 6 heteroatoms. The Labute approximate surface area is 133 Å². The number of rotatable bonds is 5. The Morgan fingerprint density at radius 3 is 2.48 bits per heavy atom. The monoisotopic (exact) mass is 309 g/mol. The fraction of sp³-hybridized carbons (Fsp3) is 0.118. The third kappa shape index (κ3) is 4.32. The van der Waals surface area contributed by atoms with Gasteiger partial charge in [-0.2, -0.15) is 5.26 Å². The van der Waals surface area contributed by atoms with E-state index in [4.69, 9.17) is 5.26 Å². The van der Waals surface area contributed by atoms with Crippen molar-refractivity contribution in [2.24, 2.45) is 0 Å². The van der Waals surface area contributed by atoms with Gasteiger partial charge in [0.25, 0.3) is 0 Å². The topological polar surface area (TPSA) is 91.2 Å². The van der Waals surface area contributed by atoms with Crippen molar-refractivity contribution in [3.05, 3.63) is 59.7 Å². The van der Waals surface area contributed by atoms with Crippen LogP contribution >= 0.6 is 0 Å². The number of para-hydroxylation sites is 1. The molecule has 0 saturated carbocycles. The van der Waals surface area contributed by atoms with Gasteiger partial charge < -0.3 is 15.4 Å². The average molecular weight is 309 g/mol. The molecule has 6 nitrogen and oxygen atoms in total. The highest BCUT2D eigenvalue weighted by Gasteiger charge is 2.07. The maximum absolute atomic E-state index is 11.9. The predicted molar refractivity (Wildman–Crippen MR) is 86.1 cm³/mol. The summed E-state index contributed by atoms with van der Waals surface area (Å²) in [5.74, 6) is -0.688. The highest BCUT2D eigenvalue weighted by molar-refractivity contribution is 5.95. The van der Waals surface area contributed by atoms with E-state index in [2.05, 4.69) is 15.4 Å². The molecule has 23 heavy (non-hydrogen) atoms. The summed E-state index contributed by atoms with van der Waals surface area (Å²) in [7, 11) is 1.32. The van der Waals surface area contributed by atoms with Gasteiger partial charge in [0.1, 0.15) is 6.07 Å². The molecule has 0 saturated heterocycles. The van der Waals surface area contributed by atoms with Gasteiger partial charge in [0.15, 0.2) is 0 Å². The van der Waals surface area contributed by atoms with Crippen molar-refractivity contribution in [3.8, 4) is 6.07 Å². The van der Waals surface area contributed by atoms with E-state index in [1.54, 1.807) is 48.5 Å². The molecule has 0 radical (unpaired) electrons. The summed E-state index contributed by atoms with van der Waals surface area (Å²) in [6.07, 6.45) is 0. The number of carbonyl (C=O) groups excluding carboxylic acids is 2. The highest BCUT2D eigenvalue weighted by Crippen LogP contribution is 2.14. The molecular weight excluding hydrogens is 294 g/mol. The number of nitriles is 1. The van der Waals surface area contributed by atoms with Crippen LogP contribution in [-0.2, 0) is 9.53 Å². The largest absolute Gasteiger partial charge is 0.465 e. The van der Waals surface area contributed by atoms with Crippen LogP contribution in [0.3, 0.4) is 0 Å². The Kier molecular flexibility index (Phi) is 5.31. The van der Waals surface area contributed by atoms with Gasteiger partial charge in [-0.25, -0.2) is 4.79 Å². The van der Waals surface area contributed by atoms with Crippen molar-refractivity contribution in [1.82, 2.24) is 0 Å². The number of amides is 1. The highest BCUT2D eigenvalue weighted by atomic mass is 16.5. The van der Waals surface area contributed by atoms with Crippen LogP contribution in [0.2, 0.25) is 0 Å². The average Bonchev–Trinajstić information content (AvgIpc) is 2.60. The minimum Gasteiger partial charge on any atom is -0.465 e. The lowest BCUT2D eigenvalue weighted by atomic mass is 10.2. The van der Waals surface area contributed by atoms with Gasteiger partial charge in [-0.3, -0.25) is 4.79 Å². The molecule has 0 atom stereocenters. The van der Waals surface area contributed by atoms with E-state index in [0.717, 1.165) is 0 Å². The molecule has 0 aliphatic heterocycles. The van der Waals surface area contributed by atoms with E-state index < -0.39 is 5.97 Å². The first kappa shape index (κ1) is 16.0. The first-order valence-electron chi connectivity index (χ1n) is 6.85. The zero-order valence-corrected chi connectivity index (χ0v) is 12.5. The van der Waals surface area contributed by atoms with Gasteiger partial charge in [-0.15, -0.1) is 0 Å². The van der Waals surface area contributed by atoms with Gasteiger partial charge >= 0.3 is 5.97 Å². The number of ether oxygens (including phenoxy) is 1. The van der Waals surface area contributed by atoms with Crippen LogP contribution in [0.25, 0.3) is 0 Å². The van der Waals surface area contributed by atoms with Gasteiger partial charge in [0, 0.05) is 5.69 Å². The molecule has 0 aliphatic rings. The van der Waals surface area contributed by atoms with Gasteiger partial charge in [-0.1, -0.05) is 12.1 Å². The first-order chi connectivity index (χ1) is 11.1. The standard InChI is InChI=1S/C17H15N3O3/c1-23-17(22)12-6-8-14(9-7-12)19-11-16(21)20-15-5-3-2-4-13(15)10-18/h2-9,19H,11H2,1H3,(H,20,21). The SMILES string of the molecule is COC(=O)c1ccc(NCC(=O)Nc2ccccc2C#N)cc1. The number of hydrogen-bond donors (Lipinski definition) is 2. The van der Waals surface area contributed by atoms with Gasteiger partial charge in [-0.05, 0) is 36.4 Å². The third-order valence-electron chi connectivity index (χ3n) is 3.08. The molecule has 0 spiro atoms. The fourth-order valence-corrected chi connectivity index (χ4v) is 1.91. The molecule has 2 N–H and O–H groups in total. The molecule has 0 fully saturated rings. The van der Waals surface area contributed by atoms with Crippen molar-refractivity contribution in [3.63, 3.8) is 0 Å². The van der Waals surface area contributed by atoms with Crippen molar-refractivity contribution in [1.29, 1.82) is 5.26 Å². The second-order valence-electron chi connectivity index (χ2n) is 4.63. The van der Waals surface area contributed by atoms with Crippen LogP contribution in [0, 0.1) is 11.3 Å². The number of nitrogens with zero attached hydrogens (tertiary/aromatic N) is 1. The minimum absolute atomic E-state index is 0.0390. The number of methoxy groups -OCH3 is 1. The zero-order chi connectivity index (χ0) is 16.7. The summed E-state index contributed by atoms with van der Waals surface area (Å²) in [4.78, 5) is 23.2. The number of benzene rings is 2. The summed E-state index contributed by atoms with van der Waals surface area (Å²) < 4.78 is 4.61. The molecule has 2 aromatic carbocycles. The number of nitrogens with one attached hydrogen (secondary N) is 2. The Balaban J connectivity index is 1.92. The first-order valence-corrected chi connectivity index (χ1v) is 6.85. The summed E-state index contributed by atoms with van der Waals surface area (Å²) in [6, 6.07) is 15.4. The molecule has 0 heterocycles. The molecule has 0 unspecified atom stereocenters. The lowest BCUT2D eigenvalue weighted by Crippen LogP contribution is -2.22. The van der Waals surface area contributed by atoms with E-state index in [9.17, 15) is 9.59 Å². The van der Waals surface area contributed by atoms with Gasteiger partial charge in [0.05, 0.1) is 30.5 Å². The molecule has 2 aromatic rings. The number of hydrogen-bond acceptors (Lipinski definition) is 5. The smallest absolute Gasteiger partial charge is 0.337 e. The summed E-state index contributed by atoms with van der Waals surface area (Å²) in [5, 5.41) is 14.6. The quantitative estimate of drug-likeness (QED) is 0.828. The van der Waals surface area contributed by atoms with Crippen LogP contribution in [-0.4, -0.2) is 25.5 Å². The molecule has 1 amide bonds. The lowest BCUT2D eigenvalue weighted by Gasteiger charge is -2.09. The Bertz CT molecular complexity index is 748. The second-order valence-corrected chi connectivity index (χ2v) is 4.63. The Hall–Kier alpha value is -3.33. The minimum atomic E-state index is -0.414. The summed E-state index contributed by atoms with van der Waals surface area (Å²) >= 11 is 0. The van der Waals surface area contributed by atoms with Crippen LogP contribution in [0.5, 0.6) is 0 Å². The van der Waals surface area contributed by atoms with Crippen molar-refractivity contribution < 1.29 is 14.3 Å². The fourth-order valence-electron chi connectivity index (χ4n) is 1.91. The van der Waals surface area contributed by atoms with Crippen molar-refractivity contribution >= 4 is 23.3 Å².